The molecule has 0 spiro atoms. The molecule has 5 aromatic rings. The Bertz CT molecular complexity index is 1440. The summed E-state index contributed by atoms with van der Waals surface area (Å²) in [7, 11) is 6.08. The highest BCUT2D eigenvalue weighted by Crippen LogP contribution is 2.28. The second-order valence-corrected chi connectivity index (χ2v) is 8.41. The molecule has 2 radical (unpaired) electrons. The quantitative estimate of drug-likeness (QED) is 0.238. The fraction of sp³-hybridized carbons (Fsp3) is 0.160. The molecule has 0 aliphatic heterocycles. The standard InChI is InChI=1S/C25H22BClN6O/c26-18-15-30-33-23(14-21(32-24(18)33)17-8-2-3-9-19(17)27)28-11-5-6-12-29-25(34)22-13-16-7-1-4-10-20(16)31-22/h1-4,7-10,13-15,28,31H,5-6,11-12H2,(H,29,34). The first-order valence-corrected chi connectivity index (χ1v) is 11.5. The van der Waals surface area contributed by atoms with Gasteiger partial charge < -0.3 is 15.6 Å². The van der Waals surface area contributed by atoms with Gasteiger partial charge >= 0.3 is 0 Å². The molecule has 0 aliphatic rings. The van der Waals surface area contributed by atoms with E-state index in [0.717, 1.165) is 40.8 Å². The molecule has 168 valence electrons. The van der Waals surface area contributed by atoms with Crippen LogP contribution in [-0.4, -0.2) is 46.4 Å². The minimum atomic E-state index is -0.101. The van der Waals surface area contributed by atoms with E-state index in [2.05, 4.69) is 25.7 Å². The molecule has 0 saturated heterocycles. The maximum Gasteiger partial charge on any atom is 0.267 e. The number of carbonyl (C=O) groups excluding carboxylic acids is 1. The normalized spacial score (nSPS) is 11.2. The lowest BCUT2D eigenvalue weighted by atomic mass is 10.0. The molecule has 0 saturated carbocycles. The Morgan fingerprint density at radius 3 is 2.71 bits per heavy atom. The fourth-order valence-corrected chi connectivity index (χ4v) is 4.10. The van der Waals surface area contributed by atoms with Gasteiger partial charge in [-0.15, -0.1) is 0 Å². The molecule has 2 aromatic carbocycles. The maximum atomic E-state index is 12.4. The molecule has 7 nitrogen and oxygen atoms in total. The van der Waals surface area contributed by atoms with Crippen LogP contribution in [0.2, 0.25) is 5.02 Å². The smallest absolute Gasteiger partial charge is 0.267 e. The zero-order valence-electron chi connectivity index (χ0n) is 18.4. The Kier molecular flexibility index (Phi) is 6.23. The Hall–Kier alpha value is -3.78. The highest BCUT2D eigenvalue weighted by atomic mass is 35.5. The largest absolute Gasteiger partial charge is 0.370 e. The number of hydrogen-bond acceptors (Lipinski definition) is 4. The number of fused-ring (bicyclic) bond motifs is 2. The highest BCUT2D eigenvalue weighted by molar-refractivity contribution is 6.36. The number of carbonyl (C=O) groups is 1. The molecular formula is C25H22BClN6O. The van der Waals surface area contributed by atoms with E-state index < -0.39 is 0 Å². The van der Waals surface area contributed by atoms with E-state index in [-0.39, 0.29) is 5.91 Å². The molecule has 3 N–H and O–H groups in total. The number of nitrogens with zero attached hydrogens (tertiary/aromatic N) is 3. The van der Waals surface area contributed by atoms with Crippen molar-refractivity contribution in [1.29, 1.82) is 0 Å². The van der Waals surface area contributed by atoms with Crippen molar-refractivity contribution in [1.82, 2.24) is 24.9 Å². The first-order chi connectivity index (χ1) is 16.6. The van der Waals surface area contributed by atoms with Crippen molar-refractivity contribution in [2.45, 2.75) is 12.8 Å². The summed E-state index contributed by atoms with van der Waals surface area (Å²) in [6, 6.07) is 19.2. The van der Waals surface area contributed by atoms with Gasteiger partial charge in [-0.3, -0.25) is 4.79 Å². The fourth-order valence-electron chi connectivity index (χ4n) is 3.87. The summed E-state index contributed by atoms with van der Waals surface area (Å²) >= 11 is 6.38. The Labute approximate surface area is 203 Å². The third-order valence-corrected chi connectivity index (χ3v) is 5.95. The van der Waals surface area contributed by atoms with Crippen LogP contribution in [0.4, 0.5) is 5.82 Å². The number of nitrogens with one attached hydrogen (secondary N) is 3. The van der Waals surface area contributed by atoms with Crippen LogP contribution in [0.5, 0.6) is 0 Å². The molecule has 0 bridgehead atoms. The van der Waals surface area contributed by atoms with Gasteiger partial charge in [-0.25, -0.2) is 4.98 Å². The van der Waals surface area contributed by atoms with Crippen molar-refractivity contribution in [3.8, 4) is 11.3 Å². The van der Waals surface area contributed by atoms with Crippen LogP contribution in [0.15, 0.2) is 66.9 Å². The van der Waals surface area contributed by atoms with E-state index in [1.54, 1.807) is 10.7 Å². The summed E-state index contributed by atoms with van der Waals surface area (Å²) in [5.41, 5.74) is 4.15. The van der Waals surface area contributed by atoms with E-state index in [1.165, 1.54) is 0 Å². The van der Waals surface area contributed by atoms with Gasteiger partial charge in [0.25, 0.3) is 5.91 Å². The lowest BCUT2D eigenvalue weighted by Crippen LogP contribution is -2.25. The summed E-state index contributed by atoms with van der Waals surface area (Å²) in [6.45, 7) is 1.28. The number of rotatable bonds is 8. The number of anilines is 1. The zero-order valence-corrected chi connectivity index (χ0v) is 19.1. The number of unbranched alkanes of at least 4 members (excludes halogenated alkanes) is 1. The van der Waals surface area contributed by atoms with Gasteiger partial charge in [0.2, 0.25) is 0 Å². The van der Waals surface area contributed by atoms with Gasteiger partial charge in [-0.1, -0.05) is 48.0 Å². The molecule has 34 heavy (non-hydrogen) atoms. The van der Waals surface area contributed by atoms with Crippen LogP contribution in [0.3, 0.4) is 0 Å². The average molecular weight is 469 g/mol. The van der Waals surface area contributed by atoms with Crippen LogP contribution >= 0.6 is 11.6 Å². The maximum absolute atomic E-state index is 12.4. The number of aromatic nitrogens is 4. The third-order valence-electron chi connectivity index (χ3n) is 5.62. The molecule has 3 aromatic heterocycles. The van der Waals surface area contributed by atoms with Crippen LogP contribution in [0.1, 0.15) is 23.3 Å². The molecule has 0 aliphatic carbocycles. The lowest BCUT2D eigenvalue weighted by Gasteiger charge is -2.12. The summed E-state index contributed by atoms with van der Waals surface area (Å²) in [6.07, 6.45) is 3.27. The van der Waals surface area contributed by atoms with Crippen molar-refractivity contribution in [2.75, 3.05) is 18.4 Å². The third kappa shape index (κ3) is 4.49. The number of aromatic amines is 1. The first-order valence-electron chi connectivity index (χ1n) is 11.1. The summed E-state index contributed by atoms with van der Waals surface area (Å²) in [4.78, 5) is 20.2. The van der Waals surface area contributed by atoms with E-state index >= 15 is 0 Å². The van der Waals surface area contributed by atoms with Gasteiger partial charge in [-0.2, -0.15) is 9.61 Å². The SMILES string of the molecule is [B]c1cnn2c(NCCCCNC(=O)c3cc4ccccc4[nH]3)cc(-c3ccccc3Cl)nc12. The molecule has 1 amide bonds. The predicted octanol–water partition coefficient (Wildman–Crippen LogP) is 3.95. The summed E-state index contributed by atoms with van der Waals surface area (Å²) in [5, 5.41) is 12.4. The summed E-state index contributed by atoms with van der Waals surface area (Å²) < 4.78 is 1.69. The Morgan fingerprint density at radius 2 is 1.85 bits per heavy atom. The van der Waals surface area contributed by atoms with Crippen molar-refractivity contribution < 1.29 is 4.79 Å². The van der Waals surface area contributed by atoms with Crippen LogP contribution in [-0.2, 0) is 0 Å². The van der Waals surface area contributed by atoms with Crippen molar-refractivity contribution in [2.24, 2.45) is 0 Å². The van der Waals surface area contributed by atoms with E-state index in [9.17, 15) is 4.79 Å². The van der Waals surface area contributed by atoms with E-state index in [1.807, 2.05) is 60.7 Å². The van der Waals surface area contributed by atoms with Crippen LogP contribution in [0, 0.1) is 0 Å². The summed E-state index contributed by atoms with van der Waals surface area (Å²) in [5.74, 6) is 0.676. The second-order valence-electron chi connectivity index (χ2n) is 8.00. The van der Waals surface area contributed by atoms with Gasteiger partial charge in [0, 0.05) is 46.8 Å². The minimum absolute atomic E-state index is 0.101. The van der Waals surface area contributed by atoms with Gasteiger partial charge in [0.05, 0.1) is 5.69 Å². The van der Waals surface area contributed by atoms with E-state index in [0.29, 0.717) is 34.9 Å². The number of halogens is 1. The van der Waals surface area contributed by atoms with Gasteiger partial charge in [-0.05, 0) is 36.5 Å². The molecule has 0 fully saturated rings. The minimum Gasteiger partial charge on any atom is -0.370 e. The lowest BCUT2D eigenvalue weighted by molar-refractivity contribution is 0.0949. The monoisotopic (exact) mass is 468 g/mol. The number of para-hydroxylation sites is 1. The Balaban J connectivity index is 1.19. The topological polar surface area (TPSA) is 87.1 Å². The zero-order chi connectivity index (χ0) is 23.5. The number of hydrogen-bond donors (Lipinski definition) is 3. The highest BCUT2D eigenvalue weighted by Gasteiger charge is 2.12. The Morgan fingerprint density at radius 1 is 1.06 bits per heavy atom. The molecule has 5 rings (SSSR count). The van der Waals surface area contributed by atoms with Gasteiger partial charge in [0.1, 0.15) is 19.4 Å². The van der Waals surface area contributed by atoms with Gasteiger partial charge in [0.15, 0.2) is 5.65 Å². The molecule has 0 unspecified atom stereocenters. The molecule has 0 atom stereocenters. The first kappa shape index (κ1) is 22.0. The molecule has 3 heterocycles. The molecular weight excluding hydrogens is 447 g/mol. The van der Waals surface area contributed by atoms with Crippen LogP contribution < -0.4 is 16.1 Å². The van der Waals surface area contributed by atoms with Crippen molar-refractivity contribution in [3.63, 3.8) is 0 Å². The number of benzene rings is 2. The van der Waals surface area contributed by atoms with E-state index in [4.69, 9.17) is 19.4 Å². The number of H-pyrrole nitrogens is 1. The second kappa shape index (κ2) is 9.61. The van der Waals surface area contributed by atoms with Crippen LogP contribution in [0.25, 0.3) is 27.8 Å². The van der Waals surface area contributed by atoms with Crippen molar-refractivity contribution >= 4 is 53.2 Å². The average Bonchev–Trinajstić information content (AvgIpc) is 3.45. The van der Waals surface area contributed by atoms with Crippen molar-refractivity contribution in [3.05, 3.63) is 77.6 Å². The molecule has 9 heteroatoms. The number of amides is 1. The predicted molar refractivity (Wildman–Crippen MR) is 137 cm³/mol.